The van der Waals surface area contributed by atoms with Crippen LogP contribution in [0.4, 0.5) is 0 Å². The van der Waals surface area contributed by atoms with Crippen molar-refractivity contribution in [2.45, 2.75) is 121 Å². The number of rotatable bonds is 5. The number of aliphatic hydroxyl groups is 1. The highest BCUT2D eigenvalue weighted by molar-refractivity contribution is 8.76. The van der Waals surface area contributed by atoms with Gasteiger partial charge in [0.2, 0.25) is 5.91 Å². The Morgan fingerprint density at radius 1 is 1.20 bits per heavy atom. The van der Waals surface area contributed by atoms with Gasteiger partial charge in [-0.2, -0.15) is 0 Å². The molecule has 1 amide bonds. The quantitative estimate of drug-likeness (QED) is 0.162. The maximum atomic E-state index is 14.0. The lowest BCUT2D eigenvalue weighted by atomic mass is 9.56. The Labute approximate surface area is 298 Å². The molecule has 0 aromatic carbocycles. The molecule has 1 spiro atoms. The fourth-order valence-electron chi connectivity index (χ4n) is 10.6. The largest absolute Gasteiger partial charge is 0.462 e. The Bertz CT molecular complexity index is 1360. The van der Waals surface area contributed by atoms with Gasteiger partial charge in [0.05, 0.1) is 12.3 Å². The Balaban J connectivity index is 1.29. The van der Waals surface area contributed by atoms with Crippen molar-refractivity contribution in [3.63, 3.8) is 0 Å². The van der Waals surface area contributed by atoms with Gasteiger partial charge < -0.3 is 35.3 Å². The molecule has 12 heteroatoms. The van der Waals surface area contributed by atoms with Gasteiger partial charge in [-0.1, -0.05) is 46.2 Å². The van der Waals surface area contributed by atoms with E-state index in [1.165, 1.54) is 5.57 Å². The molecule has 10 nitrogen and oxygen atoms in total. The monoisotopic (exact) mass is 717 g/mol. The summed E-state index contributed by atoms with van der Waals surface area (Å²) in [4.78, 5) is 42.4. The lowest BCUT2D eigenvalue weighted by Gasteiger charge is -2.57. The fourth-order valence-corrected chi connectivity index (χ4v) is 13.1. The molecule has 0 radical (unpaired) electrons. The molecule has 5 heterocycles. The number of nitrogens with zero attached hydrogens (tertiary/aromatic N) is 1. The third kappa shape index (κ3) is 6.53. The average Bonchev–Trinajstić information content (AvgIpc) is 3.43. The number of allylic oxidation sites excluding steroid dienone is 1. The molecule has 1 saturated carbocycles. The Morgan fingerprint density at radius 2 is 2.04 bits per heavy atom. The van der Waals surface area contributed by atoms with Crippen LogP contribution in [0.15, 0.2) is 23.3 Å². The summed E-state index contributed by atoms with van der Waals surface area (Å²) in [7, 11) is 3.73. The minimum absolute atomic E-state index is 0.0374. The number of hydrogen-bond acceptors (Lipinski definition) is 11. The summed E-state index contributed by atoms with van der Waals surface area (Å²) < 4.78 is 20.1. The number of fused-ring (bicyclic) bond motifs is 7. The van der Waals surface area contributed by atoms with Gasteiger partial charge in [0.1, 0.15) is 17.3 Å². The fraction of sp³-hybridized carbons (Fsp3) is 0.811. The topological polar surface area (TPSA) is 140 Å². The number of piperidine rings is 1. The van der Waals surface area contributed by atoms with E-state index < -0.39 is 17.2 Å². The van der Waals surface area contributed by atoms with E-state index in [1.807, 2.05) is 28.5 Å². The maximum Gasteiger partial charge on any atom is 0.334 e. The number of amides is 1. The van der Waals surface area contributed by atoms with Crippen LogP contribution in [0.5, 0.6) is 0 Å². The zero-order valence-electron chi connectivity index (χ0n) is 29.3. The van der Waals surface area contributed by atoms with E-state index in [4.69, 9.17) is 19.9 Å². The zero-order chi connectivity index (χ0) is 34.5. The first-order valence-electron chi connectivity index (χ1n) is 18.7. The molecule has 0 bridgehead atoms. The minimum atomic E-state index is -1.00. The molecule has 49 heavy (non-hydrogen) atoms. The number of carbonyl (C=O) groups excluding carboxylic acids is 3. The third-order valence-corrected chi connectivity index (χ3v) is 15.7. The summed E-state index contributed by atoms with van der Waals surface area (Å²) in [5.41, 5.74) is 6.61. The van der Waals surface area contributed by atoms with E-state index in [0.29, 0.717) is 56.1 Å². The van der Waals surface area contributed by atoms with Crippen molar-refractivity contribution >= 4 is 39.4 Å². The van der Waals surface area contributed by atoms with Crippen molar-refractivity contribution < 1.29 is 33.7 Å². The molecule has 272 valence electrons. The number of hydrogen-bond donors (Lipinski definition) is 3. The molecule has 0 aromatic heterocycles. The number of nitrogens with one attached hydrogen (secondary N) is 1. The first-order valence-corrected chi connectivity index (χ1v) is 21.2. The minimum Gasteiger partial charge on any atom is -0.462 e. The summed E-state index contributed by atoms with van der Waals surface area (Å²) in [6, 6.07) is 0.288. The van der Waals surface area contributed by atoms with Gasteiger partial charge in [-0.25, -0.2) is 4.79 Å². The molecule has 12 atom stereocenters. The van der Waals surface area contributed by atoms with Gasteiger partial charge in [-0.15, -0.1) is 0 Å². The highest BCUT2D eigenvalue weighted by atomic mass is 33.1. The Kier molecular flexibility index (Phi) is 10.6. The maximum absolute atomic E-state index is 14.0. The predicted octanol–water partition coefficient (Wildman–Crippen LogP) is 4.36. The van der Waals surface area contributed by atoms with Gasteiger partial charge in [0, 0.05) is 80.8 Å². The van der Waals surface area contributed by atoms with E-state index in [-0.39, 0.29) is 73.0 Å². The second kappa shape index (κ2) is 14.5. The van der Waals surface area contributed by atoms with Gasteiger partial charge in [-0.05, 0) is 75.5 Å². The van der Waals surface area contributed by atoms with Crippen molar-refractivity contribution in [1.29, 1.82) is 0 Å². The van der Waals surface area contributed by atoms with Crippen LogP contribution in [0.2, 0.25) is 0 Å². The number of aliphatic hydroxyl groups excluding tert-OH is 1. The SMILES string of the molecule is CC=C(CCO)C(=O)O[C@]1(C)CC=C2CSSC[C@H]3[C@H](CC)CN3C(=O)CC3CNC(N)CC3[C@@H]2[C@]12CC1CC3CCC(=O)OC3CC1O2. The molecule has 2 aliphatic carbocycles. The summed E-state index contributed by atoms with van der Waals surface area (Å²) in [6.45, 7) is 7.42. The second-order valence-corrected chi connectivity index (χ2v) is 18.4. The van der Waals surface area contributed by atoms with Gasteiger partial charge in [-0.3, -0.25) is 9.59 Å². The lowest BCUT2D eigenvalue weighted by molar-refractivity contribution is -0.229. The van der Waals surface area contributed by atoms with Crippen LogP contribution in [0, 0.1) is 35.5 Å². The van der Waals surface area contributed by atoms with Crippen molar-refractivity contribution in [2.24, 2.45) is 41.2 Å². The molecule has 4 N–H and O–H groups in total. The normalized spacial score (nSPS) is 44.1. The molecule has 7 rings (SSSR count). The average molecular weight is 718 g/mol. The molecule has 0 aromatic rings. The summed E-state index contributed by atoms with van der Waals surface area (Å²) in [5.74, 6) is 2.50. The summed E-state index contributed by atoms with van der Waals surface area (Å²) in [5, 5.41) is 13.2. The Hall–Kier alpha value is -1.57. The van der Waals surface area contributed by atoms with Gasteiger partial charge in [0.15, 0.2) is 0 Å². The second-order valence-electron chi connectivity index (χ2n) is 15.9. The van der Waals surface area contributed by atoms with Crippen molar-refractivity contribution in [2.75, 3.05) is 31.2 Å². The van der Waals surface area contributed by atoms with Crippen LogP contribution in [-0.2, 0) is 28.6 Å². The predicted molar refractivity (Wildman–Crippen MR) is 190 cm³/mol. The molecular weight excluding hydrogens is 663 g/mol. The van der Waals surface area contributed by atoms with Crippen molar-refractivity contribution in [1.82, 2.24) is 10.2 Å². The third-order valence-electron chi connectivity index (χ3n) is 13.3. The zero-order valence-corrected chi connectivity index (χ0v) is 30.9. The number of esters is 2. The van der Waals surface area contributed by atoms with Crippen molar-refractivity contribution in [3.8, 4) is 0 Å². The van der Waals surface area contributed by atoms with Crippen LogP contribution < -0.4 is 11.1 Å². The van der Waals surface area contributed by atoms with Crippen LogP contribution >= 0.6 is 21.6 Å². The van der Waals surface area contributed by atoms with Gasteiger partial charge in [0.25, 0.3) is 0 Å². The van der Waals surface area contributed by atoms with E-state index in [2.05, 4.69) is 23.2 Å². The lowest BCUT2D eigenvalue weighted by Crippen LogP contribution is -2.66. The molecule has 5 saturated heterocycles. The molecular formula is C37H55N3O7S2. The van der Waals surface area contributed by atoms with Gasteiger partial charge >= 0.3 is 11.9 Å². The van der Waals surface area contributed by atoms with Crippen LogP contribution in [0.3, 0.4) is 0 Å². The standard InChI is InChI=1S/C37H55N3O7S2/c1-4-21(9-11-41)35(44)47-36(3)10-8-24-19-48-49-20-28-22(5-2)18-40(28)32(42)13-26-17-39-31(38)14-27(26)34(24)37(36)16-25-12-23-6-7-33(43)45-29(23)15-30(25)46-37/h4,8,22-23,25-31,34,39,41H,5-7,9-20,38H2,1-3H3/t22-,23?,25?,26?,27?,28+,29?,30?,31?,34-,36-,37-/m1/s1. The molecule has 6 fully saturated rings. The molecule has 7 aliphatic rings. The molecule has 7 unspecified atom stereocenters. The number of nitrogens with two attached hydrogens (primary N) is 1. The van der Waals surface area contributed by atoms with E-state index >= 15 is 0 Å². The van der Waals surface area contributed by atoms with Crippen molar-refractivity contribution in [3.05, 3.63) is 23.3 Å². The summed E-state index contributed by atoms with van der Waals surface area (Å²) >= 11 is 0. The first kappa shape index (κ1) is 35.8. The number of ether oxygens (including phenoxy) is 3. The van der Waals surface area contributed by atoms with E-state index in [0.717, 1.165) is 43.7 Å². The highest BCUT2D eigenvalue weighted by Crippen LogP contribution is 2.62. The van der Waals surface area contributed by atoms with Crippen LogP contribution in [0.1, 0.15) is 85.0 Å². The smallest absolute Gasteiger partial charge is 0.334 e. The van der Waals surface area contributed by atoms with Crippen LogP contribution in [0.25, 0.3) is 0 Å². The van der Waals surface area contributed by atoms with E-state index in [9.17, 15) is 19.5 Å². The molecule has 5 aliphatic heterocycles. The highest BCUT2D eigenvalue weighted by Gasteiger charge is 2.68. The summed E-state index contributed by atoms with van der Waals surface area (Å²) in [6.07, 6.45) is 10.1. The Morgan fingerprint density at radius 3 is 2.82 bits per heavy atom. The number of carbonyl (C=O) groups is 3. The van der Waals surface area contributed by atoms with E-state index in [1.54, 1.807) is 13.0 Å². The first-order chi connectivity index (χ1) is 23.6. The van der Waals surface area contributed by atoms with Crippen LogP contribution in [-0.4, -0.2) is 94.7 Å².